The Morgan fingerprint density at radius 2 is 2.24 bits per heavy atom. The van der Waals surface area contributed by atoms with Gasteiger partial charge in [0, 0.05) is 24.0 Å². The van der Waals surface area contributed by atoms with Crippen LogP contribution in [0.1, 0.15) is 39.2 Å². The molecule has 0 saturated heterocycles. The van der Waals surface area contributed by atoms with Crippen LogP contribution < -0.4 is 5.32 Å². The van der Waals surface area contributed by atoms with Crippen LogP contribution in [-0.4, -0.2) is 11.0 Å². The molecule has 1 aromatic heterocycles. The summed E-state index contributed by atoms with van der Waals surface area (Å²) < 4.78 is 0. The lowest BCUT2D eigenvalue weighted by Gasteiger charge is -2.16. The zero-order valence-electron chi connectivity index (χ0n) is 10.6. The molecule has 1 aromatic rings. The van der Waals surface area contributed by atoms with Crippen molar-refractivity contribution in [3.05, 3.63) is 27.1 Å². The van der Waals surface area contributed by atoms with Gasteiger partial charge in [-0.2, -0.15) is 0 Å². The van der Waals surface area contributed by atoms with Crippen LogP contribution >= 0.6 is 11.3 Å². The lowest BCUT2D eigenvalue weighted by molar-refractivity contribution is -0.380. The van der Waals surface area contributed by atoms with Crippen molar-refractivity contribution in [3.8, 4) is 0 Å². The summed E-state index contributed by atoms with van der Waals surface area (Å²) in [5.41, 5.74) is 0.998. The summed E-state index contributed by atoms with van der Waals surface area (Å²) in [6.45, 7) is 7.31. The quantitative estimate of drug-likeness (QED) is 0.599. The Hall–Kier alpha value is -0.940. The number of nitrogens with zero attached hydrogens (tertiary/aromatic N) is 1. The van der Waals surface area contributed by atoms with Crippen LogP contribution in [0.25, 0.3) is 0 Å². The van der Waals surface area contributed by atoms with Crippen LogP contribution in [0.5, 0.6) is 0 Å². The molecule has 17 heavy (non-hydrogen) atoms. The standard InChI is InChI=1S/C12H20N2O2S/c1-4-9(2)5-10(3)13-7-11-6-12(14(15)16)17-8-11/h6,8-10,13H,4-5,7H2,1-3H3. The zero-order chi connectivity index (χ0) is 12.8. The van der Waals surface area contributed by atoms with Crippen molar-refractivity contribution in [1.82, 2.24) is 5.32 Å². The normalized spacial score (nSPS) is 14.5. The molecule has 0 aromatic carbocycles. The Bertz CT molecular complexity index is 365. The van der Waals surface area contributed by atoms with E-state index in [0.717, 1.165) is 12.0 Å². The molecule has 0 aliphatic heterocycles. The van der Waals surface area contributed by atoms with Gasteiger partial charge in [-0.3, -0.25) is 10.1 Å². The Morgan fingerprint density at radius 1 is 1.53 bits per heavy atom. The van der Waals surface area contributed by atoms with Crippen molar-refractivity contribution in [3.63, 3.8) is 0 Å². The predicted octanol–water partition coefficient (Wildman–Crippen LogP) is 3.57. The number of hydrogen-bond donors (Lipinski definition) is 1. The van der Waals surface area contributed by atoms with Gasteiger partial charge in [0.25, 0.3) is 0 Å². The molecule has 0 aliphatic rings. The van der Waals surface area contributed by atoms with Crippen molar-refractivity contribution < 1.29 is 4.92 Å². The van der Waals surface area contributed by atoms with Crippen LogP contribution in [-0.2, 0) is 6.54 Å². The van der Waals surface area contributed by atoms with E-state index < -0.39 is 0 Å². The van der Waals surface area contributed by atoms with E-state index in [9.17, 15) is 10.1 Å². The first-order valence-electron chi connectivity index (χ1n) is 5.98. The first-order chi connectivity index (χ1) is 8.02. The molecule has 0 spiro atoms. The Balaban J connectivity index is 2.36. The Labute approximate surface area is 106 Å². The summed E-state index contributed by atoms with van der Waals surface area (Å²) in [5.74, 6) is 0.717. The first kappa shape index (κ1) is 14.1. The largest absolute Gasteiger partial charge is 0.324 e. The minimum Gasteiger partial charge on any atom is -0.310 e. The highest BCUT2D eigenvalue weighted by Gasteiger charge is 2.11. The van der Waals surface area contributed by atoms with Gasteiger partial charge in [-0.05, 0) is 24.8 Å². The highest BCUT2D eigenvalue weighted by atomic mass is 32.1. The summed E-state index contributed by atoms with van der Waals surface area (Å²) in [6.07, 6.45) is 2.33. The summed E-state index contributed by atoms with van der Waals surface area (Å²) in [7, 11) is 0. The molecule has 2 unspecified atom stereocenters. The zero-order valence-corrected chi connectivity index (χ0v) is 11.4. The lowest BCUT2D eigenvalue weighted by Crippen LogP contribution is -2.27. The molecule has 4 nitrogen and oxygen atoms in total. The monoisotopic (exact) mass is 256 g/mol. The third-order valence-corrected chi connectivity index (χ3v) is 3.86. The SMILES string of the molecule is CCC(C)CC(C)NCc1csc([N+](=O)[O-])c1. The number of thiophene rings is 1. The maximum absolute atomic E-state index is 10.5. The van der Waals surface area contributed by atoms with Crippen molar-refractivity contribution in [2.45, 2.75) is 46.2 Å². The number of nitro groups is 1. The molecular weight excluding hydrogens is 236 g/mol. The van der Waals surface area contributed by atoms with Crippen LogP contribution in [0.15, 0.2) is 11.4 Å². The minimum absolute atomic E-state index is 0.219. The number of nitrogens with one attached hydrogen (secondary N) is 1. The van der Waals surface area contributed by atoms with E-state index in [2.05, 4.69) is 26.1 Å². The van der Waals surface area contributed by atoms with E-state index in [1.807, 2.05) is 5.38 Å². The molecule has 1 heterocycles. The average Bonchev–Trinajstić information content (AvgIpc) is 2.75. The summed E-state index contributed by atoms with van der Waals surface area (Å²) >= 11 is 1.19. The van der Waals surface area contributed by atoms with Gasteiger partial charge in [-0.15, -0.1) is 0 Å². The van der Waals surface area contributed by atoms with Crippen molar-refractivity contribution in [2.24, 2.45) is 5.92 Å². The van der Waals surface area contributed by atoms with E-state index in [1.165, 1.54) is 17.8 Å². The summed E-state index contributed by atoms with van der Waals surface area (Å²) in [6, 6.07) is 2.09. The van der Waals surface area contributed by atoms with E-state index in [0.29, 0.717) is 18.5 Å². The predicted molar refractivity (Wildman–Crippen MR) is 71.3 cm³/mol. The maximum atomic E-state index is 10.5. The van der Waals surface area contributed by atoms with Gasteiger partial charge in [0.05, 0.1) is 4.92 Å². The van der Waals surface area contributed by atoms with E-state index in [-0.39, 0.29) is 9.92 Å². The molecule has 1 N–H and O–H groups in total. The fourth-order valence-corrected chi connectivity index (χ4v) is 2.43. The highest BCUT2D eigenvalue weighted by molar-refractivity contribution is 7.13. The second kappa shape index (κ2) is 6.71. The fourth-order valence-electron chi connectivity index (χ4n) is 1.70. The van der Waals surface area contributed by atoms with Crippen molar-refractivity contribution >= 4 is 16.3 Å². The highest BCUT2D eigenvalue weighted by Crippen LogP contribution is 2.22. The average molecular weight is 256 g/mol. The molecule has 5 heteroatoms. The van der Waals surface area contributed by atoms with E-state index >= 15 is 0 Å². The molecule has 0 bridgehead atoms. The van der Waals surface area contributed by atoms with Gasteiger partial charge in [0.1, 0.15) is 0 Å². The summed E-state index contributed by atoms with van der Waals surface area (Å²) in [4.78, 5) is 10.2. The molecule has 0 radical (unpaired) electrons. The van der Waals surface area contributed by atoms with E-state index in [1.54, 1.807) is 6.07 Å². The van der Waals surface area contributed by atoms with Gasteiger partial charge in [0.2, 0.25) is 0 Å². The van der Waals surface area contributed by atoms with E-state index in [4.69, 9.17) is 0 Å². The third-order valence-electron chi connectivity index (χ3n) is 2.93. The van der Waals surface area contributed by atoms with Gasteiger partial charge >= 0.3 is 5.00 Å². The second-order valence-electron chi connectivity index (χ2n) is 4.58. The number of hydrogen-bond acceptors (Lipinski definition) is 4. The van der Waals surface area contributed by atoms with Crippen molar-refractivity contribution in [1.29, 1.82) is 0 Å². The minimum atomic E-state index is -0.337. The van der Waals surface area contributed by atoms with Gasteiger partial charge in [0.15, 0.2) is 0 Å². The van der Waals surface area contributed by atoms with Crippen LogP contribution in [0, 0.1) is 16.0 Å². The molecule has 0 aliphatic carbocycles. The van der Waals surface area contributed by atoms with Crippen LogP contribution in [0.4, 0.5) is 5.00 Å². The van der Waals surface area contributed by atoms with Gasteiger partial charge in [-0.1, -0.05) is 31.6 Å². The first-order valence-corrected chi connectivity index (χ1v) is 6.86. The smallest absolute Gasteiger partial charge is 0.310 e. The topological polar surface area (TPSA) is 55.2 Å². The molecule has 1 rings (SSSR count). The second-order valence-corrected chi connectivity index (χ2v) is 5.47. The molecule has 2 atom stereocenters. The van der Waals surface area contributed by atoms with Gasteiger partial charge in [-0.25, -0.2) is 0 Å². The van der Waals surface area contributed by atoms with Crippen LogP contribution in [0.3, 0.4) is 0 Å². The Kier molecular flexibility index (Phi) is 5.58. The molecule has 0 amide bonds. The summed E-state index contributed by atoms with van der Waals surface area (Å²) in [5, 5.41) is 16.0. The molecule has 0 fully saturated rings. The van der Waals surface area contributed by atoms with Crippen LogP contribution in [0.2, 0.25) is 0 Å². The lowest BCUT2D eigenvalue weighted by atomic mass is 10.0. The fraction of sp³-hybridized carbons (Fsp3) is 0.667. The van der Waals surface area contributed by atoms with Crippen molar-refractivity contribution in [2.75, 3.05) is 0 Å². The number of rotatable bonds is 7. The molecule has 0 saturated carbocycles. The van der Waals surface area contributed by atoms with Gasteiger partial charge < -0.3 is 5.32 Å². The molecule has 96 valence electrons. The maximum Gasteiger partial charge on any atom is 0.324 e. The molecular formula is C12H20N2O2S. The third kappa shape index (κ3) is 4.83. The Morgan fingerprint density at radius 3 is 2.76 bits per heavy atom.